The number of primary sulfonamides is 1. The zero-order chi connectivity index (χ0) is 24.6. The number of rotatable bonds is 5. The Hall–Kier alpha value is -3.53. The molecular formula is C26H26N4O4S. The Labute approximate surface area is 203 Å². The van der Waals surface area contributed by atoms with Crippen molar-refractivity contribution in [2.75, 3.05) is 0 Å². The third-order valence-corrected chi connectivity index (χ3v) is 7.34. The van der Waals surface area contributed by atoms with E-state index in [0.29, 0.717) is 28.0 Å². The highest BCUT2D eigenvalue weighted by atomic mass is 32.2. The summed E-state index contributed by atoms with van der Waals surface area (Å²) in [6, 6.07) is 17.1. The van der Waals surface area contributed by atoms with Crippen molar-refractivity contribution >= 4 is 27.0 Å². The van der Waals surface area contributed by atoms with Crippen LogP contribution in [0.5, 0.6) is 0 Å². The van der Waals surface area contributed by atoms with Crippen LogP contribution in [0.2, 0.25) is 0 Å². The number of carbonyl (C=O) groups is 1. The summed E-state index contributed by atoms with van der Waals surface area (Å²) in [5.74, 6) is 0.310. The molecule has 2 heterocycles. The van der Waals surface area contributed by atoms with E-state index in [0.717, 1.165) is 36.8 Å². The molecule has 0 radical (unpaired) electrons. The van der Waals surface area contributed by atoms with Crippen LogP contribution in [0.1, 0.15) is 36.0 Å². The summed E-state index contributed by atoms with van der Waals surface area (Å²) < 4.78 is 29.6. The molecule has 1 amide bonds. The Morgan fingerprint density at radius 2 is 1.77 bits per heavy atom. The molecule has 1 saturated carbocycles. The molecule has 0 spiro atoms. The summed E-state index contributed by atoms with van der Waals surface area (Å²) in [4.78, 5) is 17.3. The lowest BCUT2D eigenvalue weighted by molar-refractivity contribution is 0.0921. The van der Waals surface area contributed by atoms with Crippen molar-refractivity contribution < 1.29 is 17.6 Å². The summed E-state index contributed by atoms with van der Waals surface area (Å²) >= 11 is 0. The fraction of sp³-hybridized carbons (Fsp3) is 0.231. The van der Waals surface area contributed by atoms with E-state index in [1.807, 2.05) is 24.3 Å². The average Bonchev–Trinajstić information content (AvgIpc) is 3.30. The van der Waals surface area contributed by atoms with Gasteiger partial charge in [-0.1, -0.05) is 37.1 Å². The van der Waals surface area contributed by atoms with Gasteiger partial charge < -0.3 is 15.5 Å². The van der Waals surface area contributed by atoms with Gasteiger partial charge >= 0.3 is 0 Å². The third-order valence-electron chi connectivity index (χ3n) is 6.43. The summed E-state index contributed by atoms with van der Waals surface area (Å²) in [6.07, 6.45) is 5.64. The second-order valence-corrected chi connectivity index (χ2v) is 10.4. The second-order valence-electron chi connectivity index (χ2n) is 8.87. The quantitative estimate of drug-likeness (QED) is 0.388. The minimum absolute atomic E-state index is 0.0000338. The standard InChI is InChI=1S/C26H26N4O4S/c27-21-9-1-2-10-22(21)30-26(31)18-7-3-5-16(13-18)20-11-12-29-23-15-24(34-25(20)23)17-6-4-8-19(14-17)35(28,32)33/h3-8,11-15,21-22H,1-2,9-10,27H2,(H,30,31)(H2,28,32,33). The molecule has 1 aliphatic rings. The van der Waals surface area contributed by atoms with Gasteiger partial charge in [-0.3, -0.25) is 9.78 Å². The molecule has 9 heteroatoms. The number of nitrogens with zero attached hydrogens (tertiary/aromatic N) is 1. The van der Waals surface area contributed by atoms with Crippen LogP contribution in [0.4, 0.5) is 0 Å². The molecule has 1 fully saturated rings. The number of sulfonamides is 1. The van der Waals surface area contributed by atoms with Gasteiger partial charge in [-0.25, -0.2) is 13.6 Å². The van der Waals surface area contributed by atoms with Gasteiger partial charge in [0.15, 0.2) is 5.58 Å². The van der Waals surface area contributed by atoms with Crippen LogP contribution in [0, 0.1) is 0 Å². The molecule has 0 saturated heterocycles. The zero-order valence-electron chi connectivity index (χ0n) is 19.0. The van der Waals surface area contributed by atoms with Crippen LogP contribution in [0.15, 0.2) is 76.2 Å². The normalized spacial score (nSPS) is 18.5. The van der Waals surface area contributed by atoms with Crippen molar-refractivity contribution in [1.82, 2.24) is 10.3 Å². The lowest BCUT2D eigenvalue weighted by Crippen LogP contribution is -2.49. The maximum atomic E-state index is 12.9. The molecule has 2 aromatic carbocycles. The van der Waals surface area contributed by atoms with E-state index >= 15 is 0 Å². The maximum absolute atomic E-state index is 12.9. The first-order valence-corrected chi connectivity index (χ1v) is 13.0. The Bertz CT molecular complexity index is 1510. The molecule has 1 aliphatic carbocycles. The van der Waals surface area contributed by atoms with Crippen molar-refractivity contribution in [2.45, 2.75) is 42.7 Å². The van der Waals surface area contributed by atoms with E-state index in [9.17, 15) is 13.2 Å². The number of fused-ring (bicyclic) bond motifs is 1. The van der Waals surface area contributed by atoms with Crippen molar-refractivity contribution in [3.8, 4) is 22.5 Å². The number of benzene rings is 2. The van der Waals surface area contributed by atoms with Gasteiger partial charge in [-0.2, -0.15) is 0 Å². The molecule has 2 atom stereocenters. The highest BCUT2D eigenvalue weighted by Gasteiger charge is 2.24. The average molecular weight is 491 g/mol. The Morgan fingerprint density at radius 1 is 1.00 bits per heavy atom. The van der Waals surface area contributed by atoms with Crippen molar-refractivity contribution in [1.29, 1.82) is 0 Å². The maximum Gasteiger partial charge on any atom is 0.251 e. The molecule has 35 heavy (non-hydrogen) atoms. The van der Waals surface area contributed by atoms with E-state index in [4.69, 9.17) is 15.3 Å². The van der Waals surface area contributed by atoms with E-state index in [1.165, 1.54) is 12.1 Å². The first-order chi connectivity index (χ1) is 16.8. The van der Waals surface area contributed by atoms with Gasteiger partial charge in [-0.05, 0) is 48.7 Å². The third kappa shape index (κ3) is 4.84. The molecule has 5 rings (SSSR count). The fourth-order valence-electron chi connectivity index (χ4n) is 4.55. The van der Waals surface area contributed by atoms with Crippen LogP contribution < -0.4 is 16.2 Å². The Balaban J connectivity index is 1.48. The largest absolute Gasteiger partial charge is 0.454 e. The molecule has 0 aliphatic heterocycles. The van der Waals surface area contributed by atoms with E-state index in [2.05, 4.69) is 10.3 Å². The van der Waals surface area contributed by atoms with Gasteiger partial charge in [0.05, 0.1) is 4.90 Å². The molecule has 4 aromatic rings. The van der Waals surface area contributed by atoms with Crippen LogP contribution in [0.3, 0.4) is 0 Å². The highest BCUT2D eigenvalue weighted by molar-refractivity contribution is 7.89. The van der Waals surface area contributed by atoms with Gasteiger partial charge in [0.25, 0.3) is 5.91 Å². The molecule has 5 N–H and O–H groups in total. The number of carbonyl (C=O) groups excluding carboxylic acids is 1. The van der Waals surface area contributed by atoms with Crippen LogP contribution in [-0.4, -0.2) is 31.4 Å². The van der Waals surface area contributed by atoms with Crippen molar-refractivity contribution in [3.05, 3.63) is 72.4 Å². The molecule has 0 bridgehead atoms. The topological polar surface area (TPSA) is 141 Å². The lowest BCUT2D eigenvalue weighted by Gasteiger charge is -2.29. The van der Waals surface area contributed by atoms with E-state index in [1.54, 1.807) is 30.5 Å². The summed E-state index contributed by atoms with van der Waals surface area (Å²) in [5, 5.41) is 8.36. The minimum atomic E-state index is -3.84. The molecular weight excluding hydrogens is 464 g/mol. The Morgan fingerprint density at radius 3 is 2.57 bits per heavy atom. The molecule has 2 aromatic heterocycles. The monoisotopic (exact) mass is 490 g/mol. The predicted octanol–water partition coefficient (Wildman–Crippen LogP) is 3.81. The number of aromatic nitrogens is 1. The number of nitrogens with two attached hydrogens (primary N) is 2. The number of hydrogen-bond donors (Lipinski definition) is 3. The fourth-order valence-corrected chi connectivity index (χ4v) is 5.11. The SMILES string of the molecule is NC1CCCCC1NC(=O)c1cccc(-c2ccnc3cc(-c4cccc(S(N)(=O)=O)c4)oc23)c1. The lowest BCUT2D eigenvalue weighted by atomic mass is 9.91. The molecule has 180 valence electrons. The molecule has 2 unspecified atom stereocenters. The van der Waals surface area contributed by atoms with Crippen LogP contribution in [-0.2, 0) is 10.0 Å². The zero-order valence-corrected chi connectivity index (χ0v) is 19.8. The summed E-state index contributed by atoms with van der Waals surface area (Å²) in [6.45, 7) is 0. The Kier molecular flexibility index (Phi) is 6.14. The minimum Gasteiger partial charge on any atom is -0.454 e. The number of hydrogen-bond acceptors (Lipinski definition) is 6. The van der Waals surface area contributed by atoms with Gasteiger partial charge in [0.1, 0.15) is 11.3 Å². The molecule has 8 nitrogen and oxygen atoms in total. The van der Waals surface area contributed by atoms with Gasteiger partial charge in [0, 0.05) is 41.0 Å². The van der Waals surface area contributed by atoms with E-state index < -0.39 is 10.0 Å². The van der Waals surface area contributed by atoms with Crippen LogP contribution in [0.25, 0.3) is 33.6 Å². The second kappa shape index (κ2) is 9.26. The predicted molar refractivity (Wildman–Crippen MR) is 134 cm³/mol. The highest BCUT2D eigenvalue weighted by Crippen LogP contribution is 2.34. The number of furan rings is 1. The summed E-state index contributed by atoms with van der Waals surface area (Å²) in [5.41, 5.74) is 10.0. The van der Waals surface area contributed by atoms with Gasteiger partial charge in [-0.15, -0.1) is 0 Å². The number of amides is 1. The smallest absolute Gasteiger partial charge is 0.251 e. The first kappa shape index (κ1) is 23.2. The van der Waals surface area contributed by atoms with Crippen molar-refractivity contribution in [3.63, 3.8) is 0 Å². The first-order valence-electron chi connectivity index (χ1n) is 11.5. The summed E-state index contributed by atoms with van der Waals surface area (Å²) in [7, 11) is -3.84. The van der Waals surface area contributed by atoms with Crippen molar-refractivity contribution in [2.24, 2.45) is 10.9 Å². The number of pyridine rings is 1. The van der Waals surface area contributed by atoms with Gasteiger partial charge in [0.2, 0.25) is 10.0 Å². The van der Waals surface area contributed by atoms with Crippen LogP contribution >= 0.6 is 0 Å². The number of nitrogens with one attached hydrogen (secondary N) is 1. The van der Waals surface area contributed by atoms with E-state index in [-0.39, 0.29) is 22.9 Å².